The highest BCUT2D eigenvalue weighted by atomic mass is 32.1. The van der Waals surface area contributed by atoms with Gasteiger partial charge in [0.1, 0.15) is 10.8 Å². The number of aromatic nitrogens is 2. The van der Waals surface area contributed by atoms with Gasteiger partial charge in [-0.3, -0.25) is 4.79 Å². The van der Waals surface area contributed by atoms with Crippen molar-refractivity contribution in [2.24, 2.45) is 5.92 Å². The summed E-state index contributed by atoms with van der Waals surface area (Å²) in [5.41, 5.74) is 2.37. The first kappa shape index (κ1) is 17.7. The highest BCUT2D eigenvalue weighted by Crippen LogP contribution is 2.24. The van der Waals surface area contributed by atoms with Crippen molar-refractivity contribution in [3.05, 3.63) is 35.2 Å². The molecule has 7 heteroatoms. The Bertz CT molecular complexity index is 720. The molecule has 0 bridgehead atoms. The highest BCUT2D eigenvalue weighted by molar-refractivity contribution is 7.10. The van der Waals surface area contributed by atoms with Gasteiger partial charge in [-0.15, -0.1) is 0 Å². The van der Waals surface area contributed by atoms with Crippen molar-refractivity contribution in [1.29, 1.82) is 0 Å². The molecular formula is C18H25N5OS. The molecule has 2 aromatic rings. The van der Waals surface area contributed by atoms with Crippen molar-refractivity contribution in [1.82, 2.24) is 14.7 Å². The zero-order valence-corrected chi connectivity index (χ0v) is 15.8. The summed E-state index contributed by atoms with van der Waals surface area (Å²) >= 11 is 1.30. The molecule has 0 radical (unpaired) electrons. The van der Waals surface area contributed by atoms with Crippen LogP contribution in [0.1, 0.15) is 41.4 Å². The van der Waals surface area contributed by atoms with E-state index in [1.165, 1.54) is 24.4 Å². The molecule has 0 aromatic carbocycles. The number of piperidine rings is 1. The molecule has 25 heavy (non-hydrogen) atoms. The van der Waals surface area contributed by atoms with Crippen LogP contribution in [-0.2, 0) is 6.54 Å². The van der Waals surface area contributed by atoms with Crippen molar-refractivity contribution in [3.63, 3.8) is 0 Å². The molecule has 0 saturated carbocycles. The van der Waals surface area contributed by atoms with E-state index in [2.05, 4.69) is 31.8 Å². The van der Waals surface area contributed by atoms with Gasteiger partial charge in [-0.05, 0) is 48.8 Å². The van der Waals surface area contributed by atoms with Gasteiger partial charge < -0.3 is 15.5 Å². The van der Waals surface area contributed by atoms with E-state index in [-0.39, 0.29) is 5.91 Å². The predicted octanol–water partition coefficient (Wildman–Crippen LogP) is 3.05. The van der Waals surface area contributed by atoms with E-state index in [1.54, 1.807) is 7.05 Å². The topological polar surface area (TPSA) is 70.2 Å². The number of carbonyl (C=O) groups excluding carboxylic acids is 1. The van der Waals surface area contributed by atoms with Crippen LogP contribution < -0.4 is 15.5 Å². The van der Waals surface area contributed by atoms with E-state index >= 15 is 0 Å². The summed E-state index contributed by atoms with van der Waals surface area (Å²) in [4.78, 5) is 19.3. The average molecular weight is 359 g/mol. The summed E-state index contributed by atoms with van der Waals surface area (Å²) in [5, 5.41) is 6.77. The molecule has 1 amide bonds. The van der Waals surface area contributed by atoms with Gasteiger partial charge in [0.25, 0.3) is 5.91 Å². The molecule has 3 heterocycles. The average Bonchev–Trinajstić information content (AvgIpc) is 3.01. The van der Waals surface area contributed by atoms with Gasteiger partial charge in [0.2, 0.25) is 0 Å². The number of rotatable bonds is 5. The summed E-state index contributed by atoms with van der Waals surface area (Å²) in [6.45, 7) is 6.76. The third-order valence-electron chi connectivity index (χ3n) is 4.69. The van der Waals surface area contributed by atoms with Gasteiger partial charge in [-0.25, -0.2) is 4.98 Å². The first-order valence-corrected chi connectivity index (χ1v) is 9.48. The number of amides is 1. The Morgan fingerprint density at radius 2 is 2.12 bits per heavy atom. The van der Waals surface area contributed by atoms with Crippen LogP contribution in [0, 0.1) is 12.8 Å². The number of nitrogens with zero attached hydrogens (tertiary/aromatic N) is 3. The normalized spacial score (nSPS) is 15.2. The fourth-order valence-electron chi connectivity index (χ4n) is 3.02. The van der Waals surface area contributed by atoms with Crippen LogP contribution in [0.15, 0.2) is 18.3 Å². The highest BCUT2D eigenvalue weighted by Gasteiger charge is 2.18. The Hall–Kier alpha value is -2.15. The molecule has 134 valence electrons. The lowest BCUT2D eigenvalue weighted by Gasteiger charge is -2.31. The standard InChI is InChI=1S/C18H25N5OS/c1-12-6-8-23(9-7-12)15-5-4-14(10-20-15)11-21-17(24)16-13(2)22-25-18(16)19-3/h4-5,10,12,19H,6-9,11H2,1-3H3,(H,21,24). The van der Waals surface area contributed by atoms with E-state index in [4.69, 9.17) is 0 Å². The molecule has 1 aliphatic heterocycles. The van der Waals surface area contributed by atoms with Gasteiger partial charge in [-0.1, -0.05) is 13.0 Å². The Morgan fingerprint density at radius 1 is 1.36 bits per heavy atom. The number of pyridine rings is 1. The molecule has 0 spiro atoms. The van der Waals surface area contributed by atoms with Crippen LogP contribution in [0.4, 0.5) is 10.8 Å². The largest absolute Gasteiger partial charge is 0.378 e. The molecule has 1 aliphatic rings. The SMILES string of the molecule is CNc1snc(C)c1C(=O)NCc1ccc(N2CCC(C)CC2)nc1. The molecule has 0 atom stereocenters. The lowest BCUT2D eigenvalue weighted by Crippen LogP contribution is -2.33. The fourth-order valence-corrected chi connectivity index (χ4v) is 3.77. The van der Waals surface area contributed by atoms with Crippen LogP contribution >= 0.6 is 11.5 Å². The van der Waals surface area contributed by atoms with Gasteiger partial charge in [-0.2, -0.15) is 4.37 Å². The Kier molecular flexibility index (Phi) is 5.53. The second kappa shape index (κ2) is 7.82. The lowest BCUT2D eigenvalue weighted by atomic mass is 9.99. The van der Waals surface area contributed by atoms with E-state index < -0.39 is 0 Å². The molecule has 1 fully saturated rings. The zero-order chi connectivity index (χ0) is 17.8. The monoisotopic (exact) mass is 359 g/mol. The van der Waals surface area contributed by atoms with Gasteiger partial charge in [0.15, 0.2) is 0 Å². The van der Waals surface area contributed by atoms with Crippen LogP contribution in [0.5, 0.6) is 0 Å². The van der Waals surface area contributed by atoms with Gasteiger partial charge in [0.05, 0.1) is 11.3 Å². The molecule has 2 N–H and O–H groups in total. The summed E-state index contributed by atoms with van der Waals surface area (Å²) in [5.74, 6) is 1.73. The van der Waals surface area contributed by atoms with Crippen molar-refractivity contribution < 1.29 is 4.79 Å². The minimum absolute atomic E-state index is 0.107. The van der Waals surface area contributed by atoms with E-state index in [0.717, 1.165) is 41.1 Å². The number of nitrogens with one attached hydrogen (secondary N) is 2. The van der Waals surface area contributed by atoms with E-state index in [9.17, 15) is 4.79 Å². The van der Waals surface area contributed by atoms with Crippen molar-refractivity contribution in [2.75, 3.05) is 30.4 Å². The second-order valence-corrected chi connectivity index (χ2v) is 7.37. The third-order valence-corrected chi connectivity index (χ3v) is 5.64. The fraction of sp³-hybridized carbons (Fsp3) is 0.500. The Morgan fingerprint density at radius 3 is 2.76 bits per heavy atom. The predicted molar refractivity (Wildman–Crippen MR) is 102 cm³/mol. The maximum Gasteiger partial charge on any atom is 0.256 e. The maximum absolute atomic E-state index is 12.4. The van der Waals surface area contributed by atoms with E-state index in [1.807, 2.05) is 25.3 Å². The summed E-state index contributed by atoms with van der Waals surface area (Å²) in [6.07, 6.45) is 4.30. The van der Waals surface area contributed by atoms with Crippen LogP contribution in [0.2, 0.25) is 0 Å². The molecule has 6 nitrogen and oxygen atoms in total. The van der Waals surface area contributed by atoms with Crippen LogP contribution in [0.25, 0.3) is 0 Å². The van der Waals surface area contributed by atoms with Crippen LogP contribution in [-0.4, -0.2) is 35.4 Å². The summed E-state index contributed by atoms with van der Waals surface area (Å²) < 4.78 is 4.23. The van der Waals surface area contributed by atoms with Crippen molar-refractivity contribution in [2.45, 2.75) is 33.2 Å². The molecular weight excluding hydrogens is 334 g/mol. The number of hydrogen-bond acceptors (Lipinski definition) is 6. The summed E-state index contributed by atoms with van der Waals surface area (Å²) in [7, 11) is 1.80. The Balaban J connectivity index is 1.58. The third kappa shape index (κ3) is 4.10. The van der Waals surface area contributed by atoms with Gasteiger partial charge in [0, 0.05) is 32.9 Å². The minimum Gasteiger partial charge on any atom is -0.378 e. The number of carbonyl (C=O) groups is 1. The molecule has 1 saturated heterocycles. The lowest BCUT2D eigenvalue weighted by molar-refractivity contribution is 0.0951. The maximum atomic E-state index is 12.4. The quantitative estimate of drug-likeness (QED) is 0.859. The molecule has 3 rings (SSSR count). The van der Waals surface area contributed by atoms with E-state index in [0.29, 0.717) is 12.1 Å². The molecule has 0 unspecified atom stereocenters. The minimum atomic E-state index is -0.107. The first-order valence-electron chi connectivity index (χ1n) is 8.70. The number of anilines is 2. The number of hydrogen-bond donors (Lipinski definition) is 2. The molecule has 2 aromatic heterocycles. The van der Waals surface area contributed by atoms with Crippen molar-refractivity contribution in [3.8, 4) is 0 Å². The van der Waals surface area contributed by atoms with Gasteiger partial charge >= 0.3 is 0 Å². The first-order chi connectivity index (χ1) is 12.1. The summed E-state index contributed by atoms with van der Waals surface area (Å²) in [6, 6.07) is 4.09. The second-order valence-electron chi connectivity index (χ2n) is 6.60. The smallest absolute Gasteiger partial charge is 0.256 e. The van der Waals surface area contributed by atoms with Crippen LogP contribution in [0.3, 0.4) is 0 Å². The Labute approximate surface area is 152 Å². The zero-order valence-electron chi connectivity index (χ0n) is 15.0. The molecule has 0 aliphatic carbocycles. The van der Waals surface area contributed by atoms with Crippen molar-refractivity contribution >= 4 is 28.3 Å². The number of aryl methyl sites for hydroxylation is 1.